The van der Waals surface area contributed by atoms with Crippen molar-refractivity contribution >= 4 is 36.9 Å². The zero-order valence-electron chi connectivity index (χ0n) is 14.9. The minimum atomic E-state index is -1.48. The molecule has 3 aromatic rings. The Morgan fingerprint density at radius 3 is 1.60 bits per heavy atom. The number of hydrogen-bond donors (Lipinski definition) is 0. The lowest BCUT2D eigenvalue weighted by molar-refractivity contribution is 0.572. The quantitative estimate of drug-likeness (QED) is 0.613. The summed E-state index contributed by atoms with van der Waals surface area (Å²) in [4.78, 5) is 0. The highest BCUT2D eigenvalue weighted by molar-refractivity contribution is 7.81. The van der Waals surface area contributed by atoms with Crippen LogP contribution in [-0.2, 0) is 4.57 Å². The van der Waals surface area contributed by atoms with Gasteiger partial charge in [-0.1, -0.05) is 77.4 Å². The molecule has 3 aromatic carbocycles. The summed E-state index contributed by atoms with van der Waals surface area (Å²) in [5.41, 5.74) is 0. The van der Waals surface area contributed by atoms with Crippen LogP contribution in [0.25, 0.3) is 0 Å². The van der Waals surface area contributed by atoms with E-state index in [2.05, 4.69) is 81.4 Å². The first-order chi connectivity index (χ1) is 12.0. The van der Waals surface area contributed by atoms with Crippen LogP contribution in [0.5, 0.6) is 0 Å². The smallest absolute Gasteiger partial charge is 0.0674 e. The van der Waals surface area contributed by atoms with Gasteiger partial charge in [0.25, 0.3) is 0 Å². The van der Waals surface area contributed by atoms with Gasteiger partial charge in [-0.15, -0.1) is 0 Å². The molecule has 3 rings (SSSR count). The average molecular weight is 365 g/mol. The summed E-state index contributed by atoms with van der Waals surface area (Å²) >= 11 is 0. The van der Waals surface area contributed by atoms with Gasteiger partial charge in [0, 0.05) is 5.30 Å². The second-order valence-corrected chi connectivity index (χ2v) is 11.6. The van der Waals surface area contributed by atoms with Gasteiger partial charge in [-0.25, -0.2) is 0 Å². The minimum absolute atomic E-state index is 0.250. The Balaban J connectivity index is 2.21. The molecule has 1 atom stereocenters. The van der Waals surface area contributed by atoms with Gasteiger partial charge in [-0.2, -0.15) is 0 Å². The lowest BCUT2D eigenvalue weighted by Crippen LogP contribution is -2.31. The van der Waals surface area contributed by atoms with Crippen molar-refractivity contribution in [3.8, 4) is 0 Å². The fraction of sp³-hybridized carbons (Fsp3) is 0.182. The molecule has 0 aliphatic rings. The molecule has 3 heteroatoms. The topological polar surface area (TPSA) is 17.1 Å². The van der Waals surface area contributed by atoms with E-state index in [1.165, 1.54) is 15.9 Å². The third-order valence-corrected chi connectivity index (χ3v) is 8.70. The predicted octanol–water partition coefficient (Wildman–Crippen LogP) is 4.70. The Hall–Kier alpha value is -1.81. The third-order valence-electron chi connectivity index (χ3n) is 3.98. The Bertz CT molecular complexity index is 812. The first kappa shape index (κ1) is 18.0. The molecular weight excluding hydrogens is 342 g/mol. The Morgan fingerprint density at radius 2 is 1.12 bits per heavy atom. The van der Waals surface area contributed by atoms with Crippen LogP contribution < -0.4 is 21.2 Å². The van der Waals surface area contributed by atoms with Gasteiger partial charge in [0.05, 0.1) is 0 Å². The molecule has 0 bridgehead atoms. The van der Waals surface area contributed by atoms with Gasteiger partial charge in [-0.05, 0) is 51.4 Å². The van der Waals surface area contributed by atoms with Crippen molar-refractivity contribution in [2.45, 2.75) is 25.9 Å². The van der Waals surface area contributed by atoms with Crippen molar-refractivity contribution in [1.82, 2.24) is 0 Å². The maximum absolute atomic E-state index is 13.2. The molecule has 0 aromatic heterocycles. The van der Waals surface area contributed by atoms with E-state index in [9.17, 15) is 4.57 Å². The Morgan fingerprint density at radius 1 is 0.680 bits per heavy atom. The molecule has 0 aliphatic carbocycles. The zero-order chi connectivity index (χ0) is 17.9. The molecule has 0 N–H and O–H groups in total. The molecule has 1 nitrogen and oxygen atoms in total. The predicted molar refractivity (Wildman–Crippen MR) is 112 cm³/mol. The third kappa shape index (κ3) is 4.06. The van der Waals surface area contributed by atoms with E-state index in [-0.39, 0.29) is 5.16 Å². The molecule has 0 saturated carbocycles. The molecule has 0 spiro atoms. The molecule has 0 heterocycles. The van der Waals surface area contributed by atoms with Crippen LogP contribution in [0.15, 0.2) is 84.9 Å². The molecule has 25 heavy (non-hydrogen) atoms. The van der Waals surface area contributed by atoms with Gasteiger partial charge in [0.2, 0.25) is 0 Å². The highest BCUT2D eigenvalue weighted by Crippen LogP contribution is 2.40. The van der Waals surface area contributed by atoms with Crippen molar-refractivity contribution in [2.24, 2.45) is 0 Å². The Labute approximate surface area is 152 Å². The van der Waals surface area contributed by atoms with Crippen molar-refractivity contribution in [1.29, 1.82) is 0 Å². The van der Waals surface area contributed by atoms with Crippen molar-refractivity contribution in [3.05, 3.63) is 84.9 Å². The lowest BCUT2D eigenvalue weighted by atomic mass is 10.3. The van der Waals surface area contributed by atoms with Crippen LogP contribution in [0.3, 0.4) is 0 Å². The molecule has 0 aliphatic heterocycles. The minimum Gasteiger partial charge on any atom is -0.0674 e. The normalized spacial score (nSPS) is 12.2. The lowest BCUT2D eigenvalue weighted by Gasteiger charge is -2.20. The van der Waals surface area contributed by atoms with Gasteiger partial charge in [-0.3, -0.25) is 0 Å². The van der Waals surface area contributed by atoms with E-state index in [0.717, 1.165) is 5.30 Å². The maximum atomic E-state index is 13.2. The van der Waals surface area contributed by atoms with E-state index in [4.69, 9.17) is 0 Å². The van der Waals surface area contributed by atoms with Crippen LogP contribution in [-0.4, -0.2) is 5.16 Å². The molecule has 126 valence electrons. The summed E-state index contributed by atoms with van der Waals surface area (Å²) in [6.07, 6.45) is 0. The number of hydrogen-bond acceptors (Lipinski definition) is 1. The van der Waals surface area contributed by atoms with E-state index in [1.54, 1.807) is 0 Å². The summed E-state index contributed by atoms with van der Waals surface area (Å²) in [5, 5.41) is 4.51. The molecule has 0 saturated heterocycles. The standard InChI is InChI=1S/C22H23OP2/c1-22(2,3)25(23)21-17-11-10-16-20(21)24(18-12-6-4-7-13-18)19-14-8-5-9-15-19/h4-17H,1-3H3/q+1. The Kier molecular flexibility index (Phi) is 5.48. The fourth-order valence-corrected chi connectivity index (χ4v) is 6.90. The molecule has 0 amide bonds. The van der Waals surface area contributed by atoms with Crippen LogP contribution in [0.1, 0.15) is 20.8 Å². The van der Waals surface area contributed by atoms with Gasteiger partial charge >= 0.3 is 7.80 Å². The first-order valence-corrected chi connectivity index (χ1v) is 11.1. The van der Waals surface area contributed by atoms with Crippen molar-refractivity contribution < 1.29 is 4.57 Å². The SMILES string of the molecule is CC(C)(C)[P+](=O)c1ccccc1P(c1ccccc1)c1ccccc1. The molecular formula is C22H23OP2+. The second-order valence-electron chi connectivity index (χ2n) is 6.96. The monoisotopic (exact) mass is 365 g/mol. The van der Waals surface area contributed by atoms with Gasteiger partial charge in [0.1, 0.15) is 0 Å². The molecule has 0 fully saturated rings. The number of benzene rings is 3. The summed E-state index contributed by atoms with van der Waals surface area (Å²) in [5.74, 6) is 0. The summed E-state index contributed by atoms with van der Waals surface area (Å²) in [7, 11) is -2.21. The zero-order valence-corrected chi connectivity index (χ0v) is 16.7. The molecule has 1 unspecified atom stereocenters. The fourth-order valence-electron chi connectivity index (χ4n) is 2.77. The van der Waals surface area contributed by atoms with Gasteiger partial charge in [0.15, 0.2) is 10.5 Å². The summed E-state index contributed by atoms with van der Waals surface area (Å²) in [6.45, 7) is 6.15. The van der Waals surface area contributed by atoms with Crippen molar-refractivity contribution in [3.63, 3.8) is 0 Å². The number of rotatable bonds is 4. The summed E-state index contributed by atoms with van der Waals surface area (Å²) < 4.78 is 13.2. The van der Waals surface area contributed by atoms with Crippen molar-refractivity contribution in [2.75, 3.05) is 0 Å². The summed E-state index contributed by atoms with van der Waals surface area (Å²) in [6, 6.07) is 29.4. The van der Waals surface area contributed by atoms with E-state index >= 15 is 0 Å². The van der Waals surface area contributed by atoms with Crippen LogP contribution in [0.4, 0.5) is 0 Å². The van der Waals surface area contributed by atoms with E-state index in [0.29, 0.717) is 0 Å². The highest BCUT2D eigenvalue weighted by Gasteiger charge is 2.39. The van der Waals surface area contributed by atoms with Crippen LogP contribution >= 0.6 is 15.7 Å². The first-order valence-electron chi connectivity index (χ1n) is 8.45. The van der Waals surface area contributed by atoms with Gasteiger partial charge < -0.3 is 0 Å². The maximum Gasteiger partial charge on any atom is 0.382 e. The van der Waals surface area contributed by atoms with E-state index < -0.39 is 15.7 Å². The highest BCUT2D eigenvalue weighted by atomic mass is 31.1. The van der Waals surface area contributed by atoms with Crippen LogP contribution in [0, 0.1) is 0 Å². The second kappa shape index (κ2) is 7.61. The molecule has 0 radical (unpaired) electrons. The van der Waals surface area contributed by atoms with E-state index in [1.807, 2.05) is 24.3 Å². The van der Waals surface area contributed by atoms with Crippen LogP contribution in [0.2, 0.25) is 0 Å². The average Bonchev–Trinajstić information content (AvgIpc) is 2.63. The largest absolute Gasteiger partial charge is 0.382 e.